The second-order valence-corrected chi connectivity index (χ2v) is 5.83. The summed E-state index contributed by atoms with van der Waals surface area (Å²) in [5.74, 6) is 0.221. The smallest absolute Gasteiger partial charge is 0.270 e. The summed E-state index contributed by atoms with van der Waals surface area (Å²) in [7, 11) is 1.84. The number of anilines is 1. The number of carbonyl (C=O) groups is 1. The summed E-state index contributed by atoms with van der Waals surface area (Å²) in [5.41, 5.74) is 3.27. The van der Waals surface area contributed by atoms with Gasteiger partial charge in [-0.3, -0.25) is 19.6 Å². The number of nitrogens with zero attached hydrogens (tertiary/aromatic N) is 4. The number of nitro groups is 1. The highest BCUT2D eigenvalue weighted by atomic mass is 16.6. The Morgan fingerprint density at radius 3 is 2.68 bits per heavy atom. The van der Waals surface area contributed by atoms with Crippen LogP contribution >= 0.6 is 0 Å². The number of pyridine rings is 1. The average Bonchev–Trinajstić information content (AvgIpc) is 2.80. The molecule has 3 aromatic rings. The summed E-state index contributed by atoms with van der Waals surface area (Å²) in [6.07, 6.45) is 0.214. The lowest BCUT2D eigenvalue weighted by atomic mass is 10.1. The molecule has 0 fully saturated rings. The molecule has 1 aromatic carbocycles. The van der Waals surface area contributed by atoms with Crippen LogP contribution in [-0.2, 0) is 18.3 Å². The molecule has 25 heavy (non-hydrogen) atoms. The van der Waals surface area contributed by atoms with Crippen molar-refractivity contribution in [1.29, 1.82) is 0 Å². The van der Waals surface area contributed by atoms with Crippen LogP contribution < -0.4 is 5.32 Å². The number of benzene rings is 1. The van der Waals surface area contributed by atoms with E-state index in [1.807, 2.05) is 20.9 Å². The highest BCUT2D eigenvalue weighted by molar-refractivity contribution is 5.93. The van der Waals surface area contributed by atoms with Crippen LogP contribution in [0, 0.1) is 24.0 Å². The van der Waals surface area contributed by atoms with Gasteiger partial charge in [-0.15, -0.1) is 0 Å². The quantitative estimate of drug-likeness (QED) is 0.581. The molecule has 1 N–H and O–H groups in total. The first-order valence-electron chi connectivity index (χ1n) is 7.69. The maximum atomic E-state index is 12.3. The largest absolute Gasteiger partial charge is 0.310 e. The van der Waals surface area contributed by atoms with Crippen molar-refractivity contribution in [3.8, 4) is 0 Å². The van der Waals surface area contributed by atoms with Crippen molar-refractivity contribution in [2.24, 2.45) is 7.05 Å². The van der Waals surface area contributed by atoms with Gasteiger partial charge in [-0.05, 0) is 32.0 Å². The Morgan fingerprint density at radius 2 is 2.04 bits per heavy atom. The fourth-order valence-electron chi connectivity index (χ4n) is 2.72. The molecule has 8 heteroatoms. The zero-order valence-electron chi connectivity index (χ0n) is 14.1. The topological polar surface area (TPSA) is 103 Å². The van der Waals surface area contributed by atoms with Crippen molar-refractivity contribution in [2.45, 2.75) is 20.3 Å². The van der Waals surface area contributed by atoms with Gasteiger partial charge in [-0.25, -0.2) is 4.98 Å². The fourth-order valence-corrected chi connectivity index (χ4v) is 2.72. The van der Waals surface area contributed by atoms with E-state index in [9.17, 15) is 14.9 Å². The number of nitro benzene ring substituents is 1. The van der Waals surface area contributed by atoms with E-state index in [-0.39, 0.29) is 18.0 Å². The summed E-state index contributed by atoms with van der Waals surface area (Å²) >= 11 is 0. The van der Waals surface area contributed by atoms with Crippen molar-refractivity contribution < 1.29 is 9.72 Å². The maximum absolute atomic E-state index is 12.3. The number of hydrogen-bond acceptors (Lipinski definition) is 5. The second kappa shape index (κ2) is 6.31. The summed E-state index contributed by atoms with van der Waals surface area (Å²) in [4.78, 5) is 27.0. The summed E-state index contributed by atoms with van der Waals surface area (Å²) in [6.45, 7) is 3.79. The van der Waals surface area contributed by atoms with Crippen LogP contribution in [0.2, 0.25) is 0 Å². The Hall–Kier alpha value is -3.29. The molecular formula is C17H17N5O3. The highest BCUT2D eigenvalue weighted by Gasteiger charge is 2.14. The van der Waals surface area contributed by atoms with Gasteiger partial charge >= 0.3 is 0 Å². The number of rotatable bonds is 4. The summed E-state index contributed by atoms with van der Waals surface area (Å²) < 4.78 is 1.75. The van der Waals surface area contributed by atoms with Crippen LogP contribution in [-0.4, -0.2) is 25.6 Å². The molecule has 0 unspecified atom stereocenters. The van der Waals surface area contributed by atoms with Crippen molar-refractivity contribution >= 4 is 28.3 Å². The number of aryl methyl sites for hydroxylation is 2. The van der Waals surface area contributed by atoms with Crippen LogP contribution in [0.3, 0.4) is 0 Å². The number of nitrogens with one attached hydrogen (secondary N) is 1. The zero-order valence-corrected chi connectivity index (χ0v) is 14.1. The van der Waals surface area contributed by atoms with Gasteiger partial charge in [-0.2, -0.15) is 5.10 Å². The van der Waals surface area contributed by atoms with Gasteiger partial charge in [0.05, 0.1) is 22.6 Å². The molecule has 8 nitrogen and oxygen atoms in total. The van der Waals surface area contributed by atoms with Gasteiger partial charge in [0.15, 0.2) is 0 Å². The van der Waals surface area contributed by atoms with E-state index in [4.69, 9.17) is 0 Å². The molecule has 2 heterocycles. The van der Waals surface area contributed by atoms with E-state index >= 15 is 0 Å². The lowest BCUT2D eigenvalue weighted by Crippen LogP contribution is -2.16. The van der Waals surface area contributed by atoms with Crippen molar-refractivity contribution in [1.82, 2.24) is 14.8 Å². The molecule has 0 aliphatic rings. The summed E-state index contributed by atoms with van der Waals surface area (Å²) in [6, 6.07) is 7.75. The van der Waals surface area contributed by atoms with E-state index < -0.39 is 4.92 Å². The summed E-state index contributed by atoms with van der Waals surface area (Å²) in [5, 5.41) is 18.5. The van der Waals surface area contributed by atoms with E-state index in [1.54, 1.807) is 22.9 Å². The molecule has 0 atom stereocenters. The number of fused-ring (bicyclic) bond motifs is 1. The third-order valence-corrected chi connectivity index (χ3v) is 4.15. The monoisotopic (exact) mass is 339 g/mol. The van der Waals surface area contributed by atoms with E-state index in [1.165, 1.54) is 12.1 Å². The molecule has 3 rings (SSSR count). The van der Waals surface area contributed by atoms with E-state index in [0.717, 1.165) is 17.0 Å². The van der Waals surface area contributed by atoms with Crippen molar-refractivity contribution in [2.75, 3.05) is 5.32 Å². The first-order chi connectivity index (χ1) is 11.8. The van der Waals surface area contributed by atoms with Crippen LogP contribution in [0.1, 0.15) is 17.0 Å². The molecule has 128 valence electrons. The predicted molar refractivity (Wildman–Crippen MR) is 93.4 cm³/mol. The van der Waals surface area contributed by atoms with Crippen molar-refractivity contribution in [3.63, 3.8) is 0 Å². The SMILES string of the molecule is Cc1nn(C)c(C)c1CC(=O)Nc1ccc2cc([N+](=O)[O-])ccc2n1. The lowest BCUT2D eigenvalue weighted by molar-refractivity contribution is -0.384. The van der Waals surface area contributed by atoms with Gasteiger partial charge in [-0.1, -0.05) is 0 Å². The first-order valence-corrected chi connectivity index (χ1v) is 7.69. The molecule has 0 radical (unpaired) electrons. The molecule has 0 saturated heterocycles. The van der Waals surface area contributed by atoms with Gasteiger partial charge in [0.2, 0.25) is 5.91 Å². The molecule has 0 aliphatic carbocycles. The van der Waals surface area contributed by atoms with Gasteiger partial charge < -0.3 is 5.32 Å². The Bertz CT molecular complexity index is 993. The van der Waals surface area contributed by atoms with Crippen LogP contribution in [0.25, 0.3) is 10.9 Å². The minimum Gasteiger partial charge on any atom is -0.310 e. The number of hydrogen-bond donors (Lipinski definition) is 1. The molecular weight excluding hydrogens is 322 g/mol. The Labute approximate surface area is 143 Å². The van der Waals surface area contributed by atoms with Crippen LogP contribution in [0.4, 0.5) is 11.5 Å². The predicted octanol–water partition coefficient (Wildman–Crippen LogP) is 2.67. The number of non-ortho nitro benzene ring substituents is 1. The zero-order chi connectivity index (χ0) is 18.1. The molecule has 2 aromatic heterocycles. The standard InChI is InChI=1S/C17H17N5O3/c1-10-14(11(2)21(3)20-10)9-17(23)19-16-7-4-12-8-13(22(24)25)5-6-15(12)18-16/h4-8H,9H2,1-3H3,(H,18,19,23). The second-order valence-electron chi connectivity index (χ2n) is 5.83. The third-order valence-electron chi connectivity index (χ3n) is 4.15. The minimum atomic E-state index is -0.451. The fraction of sp³-hybridized carbons (Fsp3) is 0.235. The van der Waals surface area contributed by atoms with Gasteiger partial charge in [0.1, 0.15) is 5.82 Å². The van der Waals surface area contributed by atoms with Gasteiger partial charge in [0.25, 0.3) is 5.69 Å². The minimum absolute atomic E-state index is 0.00798. The van der Waals surface area contributed by atoms with E-state index in [0.29, 0.717) is 16.7 Å². The highest BCUT2D eigenvalue weighted by Crippen LogP contribution is 2.21. The molecule has 1 amide bonds. The Morgan fingerprint density at radius 1 is 1.28 bits per heavy atom. The van der Waals surface area contributed by atoms with Crippen molar-refractivity contribution in [3.05, 3.63) is 57.4 Å². The molecule has 0 aliphatic heterocycles. The molecule has 0 spiro atoms. The number of aromatic nitrogens is 3. The maximum Gasteiger partial charge on any atom is 0.270 e. The van der Waals surface area contributed by atoms with Gasteiger partial charge in [0, 0.05) is 35.8 Å². The van der Waals surface area contributed by atoms with Crippen LogP contribution in [0.5, 0.6) is 0 Å². The van der Waals surface area contributed by atoms with E-state index in [2.05, 4.69) is 15.4 Å². The Balaban J connectivity index is 1.79. The van der Waals surface area contributed by atoms with Crippen LogP contribution in [0.15, 0.2) is 30.3 Å². The number of amides is 1. The number of carbonyl (C=O) groups excluding carboxylic acids is 1. The normalized spacial score (nSPS) is 10.8. The third kappa shape index (κ3) is 3.32. The molecule has 0 bridgehead atoms. The average molecular weight is 339 g/mol. The Kier molecular flexibility index (Phi) is 4.18. The molecule has 0 saturated carbocycles. The lowest BCUT2D eigenvalue weighted by Gasteiger charge is -2.06. The first kappa shape index (κ1) is 16.6.